The van der Waals surface area contributed by atoms with Crippen LogP contribution in [-0.2, 0) is 14.4 Å². The summed E-state index contributed by atoms with van der Waals surface area (Å²) < 4.78 is 30.2. The molecule has 0 aliphatic carbocycles. The van der Waals surface area contributed by atoms with Crippen molar-refractivity contribution in [2.45, 2.75) is 18.9 Å². The van der Waals surface area contributed by atoms with Gasteiger partial charge < -0.3 is 19.6 Å². The molecule has 0 aromatic heterocycles. The number of piperazine rings is 1. The first-order valence-electron chi connectivity index (χ1n) is 12.3. The first kappa shape index (κ1) is 29.7. The van der Waals surface area contributed by atoms with Crippen molar-refractivity contribution in [1.82, 2.24) is 14.8 Å². The first-order chi connectivity index (χ1) is 19.0. The predicted molar refractivity (Wildman–Crippen MR) is 146 cm³/mol. The fourth-order valence-electron chi connectivity index (χ4n) is 4.22. The molecule has 0 N–H and O–H groups in total. The smallest absolute Gasteiger partial charge is 0.308 e. The average Bonchev–Trinajstić information content (AvgIpc) is 2.91. The van der Waals surface area contributed by atoms with Crippen molar-refractivity contribution in [3.05, 3.63) is 77.0 Å². The third-order valence-electron chi connectivity index (χ3n) is 6.30. The molecule has 3 amide bonds. The van der Waals surface area contributed by atoms with Crippen molar-refractivity contribution in [2.24, 2.45) is 5.10 Å². The number of anilines is 1. The average molecular weight is 550 g/mol. The van der Waals surface area contributed by atoms with Crippen molar-refractivity contribution >= 4 is 36.4 Å². The first-order valence-corrected chi connectivity index (χ1v) is 12.3. The number of amides is 3. The topological polar surface area (TPSA) is 93.6 Å². The molecule has 9 nitrogen and oxygen atoms in total. The number of carbonyl (C=O) groups is 4. The predicted octanol–water partition coefficient (Wildman–Crippen LogP) is 3.04. The van der Waals surface area contributed by atoms with Gasteiger partial charge in [-0.3, -0.25) is 14.5 Å². The number of benzene rings is 2. The highest BCUT2D eigenvalue weighted by molar-refractivity contribution is 6.01. The van der Waals surface area contributed by atoms with E-state index in [0.29, 0.717) is 18.1 Å². The van der Waals surface area contributed by atoms with Gasteiger partial charge in [0.1, 0.15) is 23.8 Å². The molecular formula is C29H29F2N5O4. The van der Waals surface area contributed by atoms with Gasteiger partial charge in [-0.15, -0.1) is 0 Å². The molecule has 0 bridgehead atoms. The van der Waals surface area contributed by atoms with Gasteiger partial charge in [0.15, 0.2) is 11.6 Å². The minimum Gasteiger partial charge on any atom is -0.308 e. The molecule has 1 aliphatic heterocycles. The summed E-state index contributed by atoms with van der Waals surface area (Å²) in [5, 5.41) is 5.52. The molecule has 2 aromatic carbocycles. The highest BCUT2D eigenvalue weighted by atomic mass is 19.1. The molecule has 2 aromatic rings. The van der Waals surface area contributed by atoms with E-state index in [0.717, 1.165) is 28.0 Å². The van der Waals surface area contributed by atoms with Crippen LogP contribution >= 0.6 is 0 Å². The van der Waals surface area contributed by atoms with Crippen molar-refractivity contribution in [1.29, 1.82) is 0 Å². The highest BCUT2D eigenvalue weighted by Crippen LogP contribution is 2.31. The van der Waals surface area contributed by atoms with Crippen LogP contribution in [0.4, 0.5) is 19.3 Å². The Hall–Kier alpha value is -4.85. The van der Waals surface area contributed by atoms with Gasteiger partial charge >= 0.3 is 6.03 Å². The molecular weight excluding hydrogens is 520 g/mol. The Balaban J connectivity index is 1.92. The number of hydrazone groups is 1. The summed E-state index contributed by atoms with van der Waals surface area (Å²) in [6.07, 6.45) is 3.04. The molecule has 0 saturated carbocycles. The van der Waals surface area contributed by atoms with Crippen molar-refractivity contribution < 1.29 is 28.0 Å². The van der Waals surface area contributed by atoms with E-state index in [1.165, 1.54) is 30.1 Å². The van der Waals surface area contributed by atoms with E-state index in [1.54, 1.807) is 38.4 Å². The number of carbonyl (C=O) groups excluding carboxylic acids is 4. The Morgan fingerprint density at radius 2 is 1.68 bits per heavy atom. The van der Waals surface area contributed by atoms with Crippen LogP contribution in [0.2, 0.25) is 0 Å². The van der Waals surface area contributed by atoms with E-state index in [9.17, 15) is 19.2 Å². The van der Waals surface area contributed by atoms with Gasteiger partial charge in [0.25, 0.3) is 5.91 Å². The standard InChI is InChI=1S/C29H29F2N5O4/c1-29(13-17-38)27(39)35(23(12-16-37)20-32-33(2)3)14-15-36(29)28(40)34(4)26-24(30)18-22(19-25(26)31)11-10-21-8-6-5-7-9-21/h5-9,12,16-20H,13-15H2,1-4H3/b23-12+,32-20-. The maximum absolute atomic E-state index is 15.1. The molecule has 0 radical (unpaired) electrons. The molecule has 1 saturated heterocycles. The molecule has 11 heteroatoms. The quantitative estimate of drug-likeness (QED) is 0.174. The Morgan fingerprint density at radius 3 is 2.25 bits per heavy atom. The number of hydrogen-bond donors (Lipinski definition) is 0. The van der Waals surface area contributed by atoms with Crippen LogP contribution in [0.5, 0.6) is 0 Å². The van der Waals surface area contributed by atoms with Gasteiger partial charge in [0, 0.05) is 57.9 Å². The summed E-state index contributed by atoms with van der Waals surface area (Å²) in [6.45, 7) is 1.25. The van der Waals surface area contributed by atoms with Gasteiger partial charge in [-0.25, -0.2) is 13.6 Å². The lowest BCUT2D eigenvalue weighted by atomic mass is 9.91. The second-order valence-corrected chi connectivity index (χ2v) is 9.32. The fraction of sp³-hybridized carbons (Fsp3) is 0.276. The summed E-state index contributed by atoms with van der Waals surface area (Å²) >= 11 is 0. The molecule has 208 valence electrons. The van der Waals surface area contributed by atoms with Crippen LogP contribution in [0.15, 0.2) is 59.3 Å². The Bertz CT molecular complexity index is 1390. The summed E-state index contributed by atoms with van der Waals surface area (Å²) in [6, 6.07) is 10.1. The third-order valence-corrected chi connectivity index (χ3v) is 6.30. The fourth-order valence-corrected chi connectivity index (χ4v) is 4.22. The van der Waals surface area contributed by atoms with Crippen LogP contribution < -0.4 is 4.90 Å². The number of hydrogen-bond acceptors (Lipinski definition) is 6. The lowest BCUT2D eigenvalue weighted by Crippen LogP contribution is -2.67. The Kier molecular flexibility index (Phi) is 9.50. The Morgan fingerprint density at radius 1 is 1.05 bits per heavy atom. The number of aldehydes is 2. The number of halogens is 2. The van der Waals surface area contributed by atoms with Gasteiger partial charge in [-0.1, -0.05) is 30.0 Å². The van der Waals surface area contributed by atoms with Crippen LogP contribution in [0.1, 0.15) is 24.5 Å². The van der Waals surface area contributed by atoms with Crippen LogP contribution in [0, 0.1) is 23.5 Å². The van der Waals surface area contributed by atoms with Gasteiger partial charge in [-0.05, 0) is 31.2 Å². The maximum atomic E-state index is 15.1. The second kappa shape index (κ2) is 12.8. The Labute approximate surface area is 231 Å². The second-order valence-electron chi connectivity index (χ2n) is 9.32. The summed E-state index contributed by atoms with van der Waals surface area (Å²) in [5.74, 6) is 2.83. The van der Waals surface area contributed by atoms with E-state index in [1.807, 2.05) is 6.07 Å². The monoisotopic (exact) mass is 549 g/mol. The van der Waals surface area contributed by atoms with Crippen LogP contribution in [0.3, 0.4) is 0 Å². The van der Waals surface area contributed by atoms with E-state index < -0.39 is 34.8 Å². The normalized spacial score (nSPS) is 17.4. The van der Waals surface area contributed by atoms with Gasteiger partial charge in [-0.2, -0.15) is 5.10 Å². The SMILES string of the molecule is CN(C)/N=C\C(=C/C=O)N1CCN(C(=O)N(C)c2c(F)cc(C#Cc3ccccc3)cc2F)C(C)(CC=O)C1=O. The zero-order valence-corrected chi connectivity index (χ0v) is 22.6. The van der Waals surface area contributed by atoms with E-state index >= 15 is 8.78 Å². The van der Waals surface area contributed by atoms with E-state index in [2.05, 4.69) is 16.9 Å². The van der Waals surface area contributed by atoms with Gasteiger partial charge in [0.2, 0.25) is 0 Å². The third kappa shape index (κ3) is 6.40. The molecule has 1 atom stereocenters. The van der Waals surface area contributed by atoms with Gasteiger partial charge in [0.05, 0.1) is 11.9 Å². The zero-order valence-electron chi connectivity index (χ0n) is 22.6. The minimum atomic E-state index is -1.70. The summed E-state index contributed by atoms with van der Waals surface area (Å²) in [7, 11) is 4.49. The van der Waals surface area contributed by atoms with Crippen LogP contribution in [0.25, 0.3) is 0 Å². The maximum Gasteiger partial charge on any atom is 0.325 e. The molecule has 1 fully saturated rings. The highest BCUT2D eigenvalue weighted by Gasteiger charge is 2.49. The van der Waals surface area contributed by atoms with Crippen molar-refractivity contribution in [3.8, 4) is 11.8 Å². The van der Waals surface area contributed by atoms with E-state index in [4.69, 9.17) is 0 Å². The number of nitrogens with zero attached hydrogens (tertiary/aromatic N) is 5. The number of rotatable bonds is 7. The summed E-state index contributed by atoms with van der Waals surface area (Å²) in [5.41, 5.74) is -1.43. The largest absolute Gasteiger partial charge is 0.325 e. The molecule has 40 heavy (non-hydrogen) atoms. The lowest BCUT2D eigenvalue weighted by Gasteiger charge is -2.48. The summed E-state index contributed by atoms with van der Waals surface area (Å²) in [4.78, 5) is 53.1. The molecule has 0 spiro atoms. The molecule has 1 unspecified atom stereocenters. The zero-order chi connectivity index (χ0) is 29.4. The number of urea groups is 1. The van der Waals surface area contributed by atoms with Crippen LogP contribution in [-0.4, -0.2) is 85.3 Å². The molecule has 1 aliphatic rings. The molecule has 3 rings (SSSR count). The molecule has 1 heterocycles. The van der Waals surface area contributed by atoms with Crippen molar-refractivity contribution in [2.75, 3.05) is 39.1 Å². The van der Waals surface area contributed by atoms with Crippen molar-refractivity contribution in [3.63, 3.8) is 0 Å². The lowest BCUT2D eigenvalue weighted by molar-refractivity contribution is -0.145. The minimum absolute atomic E-state index is 0.0506. The number of allylic oxidation sites excluding steroid dienone is 2. The van der Waals surface area contributed by atoms with E-state index in [-0.39, 0.29) is 30.8 Å².